The van der Waals surface area contributed by atoms with Crippen LogP contribution in [0.25, 0.3) is 5.57 Å². The van der Waals surface area contributed by atoms with E-state index < -0.39 is 52.9 Å². The van der Waals surface area contributed by atoms with E-state index in [0.29, 0.717) is 50.5 Å². The predicted molar refractivity (Wildman–Crippen MR) is 165 cm³/mol. The van der Waals surface area contributed by atoms with Gasteiger partial charge >= 0.3 is 11.9 Å². The SMILES string of the molecule is COC(=O)[C@H]1CC2=C(Cc3ccccc32)[C@H](c2ccc(C(=O)N[C@H](C(=O)O)C34C[C@@H]5C[C@@H](CC(O)(C5)C3)C4)cc2)N1C(=O)CCl. The predicted octanol–water partition coefficient (Wildman–Crippen LogP) is 4.26. The van der Waals surface area contributed by atoms with Crippen molar-refractivity contribution in [1.82, 2.24) is 10.2 Å². The molecule has 9 nitrogen and oxygen atoms in total. The number of aliphatic hydroxyl groups is 1. The molecular formula is C35H37ClN2O7. The van der Waals surface area contributed by atoms with Gasteiger partial charge in [0, 0.05) is 17.4 Å². The van der Waals surface area contributed by atoms with Crippen LogP contribution in [0.2, 0.25) is 0 Å². The summed E-state index contributed by atoms with van der Waals surface area (Å²) in [6.07, 6.45) is 5.11. The number of methoxy groups -OCH3 is 1. The Kier molecular flexibility index (Phi) is 7.32. The second-order valence-corrected chi connectivity index (χ2v) is 14.1. The third-order valence-corrected chi connectivity index (χ3v) is 11.3. The van der Waals surface area contributed by atoms with E-state index in [9.17, 15) is 29.4 Å². The van der Waals surface area contributed by atoms with Gasteiger partial charge in [0.1, 0.15) is 18.0 Å². The molecule has 0 saturated heterocycles. The molecule has 2 unspecified atom stereocenters. The maximum Gasteiger partial charge on any atom is 0.328 e. The van der Waals surface area contributed by atoms with Crippen molar-refractivity contribution in [2.24, 2.45) is 17.3 Å². The zero-order chi connectivity index (χ0) is 31.7. The highest BCUT2D eigenvalue weighted by Crippen LogP contribution is 2.63. The van der Waals surface area contributed by atoms with E-state index in [4.69, 9.17) is 16.3 Å². The fraction of sp³-hybridized carbons (Fsp3) is 0.486. The number of nitrogens with one attached hydrogen (secondary N) is 1. The van der Waals surface area contributed by atoms with Gasteiger partial charge in [-0.3, -0.25) is 9.59 Å². The van der Waals surface area contributed by atoms with Gasteiger partial charge in [-0.1, -0.05) is 36.4 Å². The number of rotatable bonds is 7. The minimum Gasteiger partial charge on any atom is -0.480 e. The number of benzene rings is 2. The van der Waals surface area contributed by atoms with Gasteiger partial charge in [-0.25, -0.2) is 9.59 Å². The highest BCUT2D eigenvalue weighted by atomic mass is 35.5. The lowest BCUT2D eigenvalue weighted by atomic mass is 9.46. The Balaban J connectivity index is 1.19. The lowest BCUT2D eigenvalue weighted by Crippen LogP contribution is -2.64. The summed E-state index contributed by atoms with van der Waals surface area (Å²) in [5, 5.41) is 24.3. The number of ether oxygens (including phenoxy) is 1. The van der Waals surface area contributed by atoms with Crippen LogP contribution in [-0.2, 0) is 25.5 Å². The third kappa shape index (κ3) is 4.95. The molecule has 0 radical (unpaired) electrons. The minimum atomic E-state index is -1.11. The fourth-order valence-electron chi connectivity index (χ4n) is 9.81. The van der Waals surface area contributed by atoms with Gasteiger partial charge in [0.2, 0.25) is 5.91 Å². The van der Waals surface area contributed by atoms with E-state index in [2.05, 4.69) is 5.32 Å². The highest BCUT2D eigenvalue weighted by Gasteiger charge is 2.61. The third-order valence-electron chi connectivity index (χ3n) is 11.0. The van der Waals surface area contributed by atoms with Crippen molar-refractivity contribution in [3.63, 3.8) is 0 Å². The molecule has 2 amide bonds. The molecule has 236 valence electrons. The molecule has 1 heterocycles. The largest absolute Gasteiger partial charge is 0.480 e. The summed E-state index contributed by atoms with van der Waals surface area (Å²) in [6, 6.07) is 12.2. The Morgan fingerprint density at radius 1 is 1.04 bits per heavy atom. The van der Waals surface area contributed by atoms with E-state index in [0.717, 1.165) is 28.7 Å². The normalized spacial score (nSPS) is 31.7. The van der Waals surface area contributed by atoms with Crippen LogP contribution in [0.3, 0.4) is 0 Å². The maximum absolute atomic E-state index is 13.6. The van der Waals surface area contributed by atoms with Crippen LogP contribution >= 0.6 is 11.6 Å². The number of fused-ring (bicyclic) bond motifs is 2. The summed E-state index contributed by atoms with van der Waals surface area (Å²) in [5.41, 5.74) is 3.63. The first kappa shape index (κ1) is 30.0. The topological polar surface area (TPSA) is 133 Å². The molecule has 4 fully saturated rings. The number of alkyl halides is 1. The molecule has 8 rings (SSSR count). The molecule has 10 heteroatoms. The molecule has 6 aliphatic rings. The number of aliphatic carboxylic acids is 1. The van der Waals surface area contributed by atoms with E-state index in [1.54, 1.807) is 24.3 Å². The number of carboxylic acids is 1. The average Bonchev–Trinajstić information content (AvgIpc) is 3.39. The lowest BCUT2D eigenvalue weighted by Gasteiger charge is -2.61. The average molecular weight is 633 g/mol. The van der Waals surface area contributed by atoms with Gasteiger partial charge in [-0.05, 0) is 96.8 Å². The Hall–Kier alpha value is -3.69. The Morgan fingerprint density at radius 3 is 2.36 bits per heavy atom. The maximum atomic E-state index is 13.6. The van der Waals surface area contributed by atoms with Crippen LogP contribution in [0, 0.1) is 17.3 Å². The molecule has 2 aromatic carbocycles. The number of carbonyl (C=O) groups excluding carboxylic acids is 3. The van der Waals surface area contributed by atoms with Gasteiger partial charge < -0.3 is 25.2 Å². The van der Waals surface area contributed by atoms with Crippen molar-refractivity contribution in [2.45, 2.75) is 75.1 Å². The molecule has 3 N–H and O–H groups in total. The summed E-state index contributed by atoms with van der Waals surface area (Å²) in [7, 11) is 1.30. The van der Waals surface area contributed by atoms with E-state index in [1.807, 2.05) is 24.3 Å². The summed E-state index contributed by atoms with van der Waals surface area (Å²) in [6.45, 7) is 0. The Morgan fingerprint density at radius 2 is 1.73 bits per heavy atom. The van der Waals surface area contributed by atoms with Crippen LogP contribution in [-0.4, -0.2) is 69.5 Å². The van der Waals surface area contributed by atoms with Gasteiger partial charge in [-0.2, -0.15) is 0 Å². The number of halogens is 1. The fourth-order valence-corrected chi connectivity index (χ4v) is 9.95. The monoisotopic (exact) mass is 632 g/mol. The molecular weight excluding hydrogens is 596 g/mol. The quantitative estimate of drug-likeness (QED) is 0.307. The summed E-state index contributed by atoms with van der Waals surface area (Å²) < 4.78 is 5.12. The summed E-state index contributed by atoms with van der Waals surface area (Å²) >= 11 is 6.07. The molecule has 5 aliphatic carbocycles. The van der Waals surface area contributed by atoms with Crippen molar-refractivity contribution in [3.8, 4) is 0 Å². The highest BCUT2D eigenvalue weighted by molar-refractivity contribution is 6.27. The molecule has 0 spiro atoms. The Labute approximate surface area is 266 Å². The molecule has 2 aromatic rings. The summed E-state index contributed by atoms with van der Waals surface area (Å²) in [4.78, 5) is 54.0. The van der Waals surface area contributed by atoms with Crippen LogP contribution in [0.4, 0.5) is 0 Å². The zero-order valence-corrected chi connectivity index (χ0v) is 25.9. The molecule has 1 aliphatic heterocycles. The van der Waals surface area contributed by atoms with E-state index in [1.165, 1.54) is 12.0 Å². The molecule has 45 heavy (non-hydrogen) atoms. The molecule has 4 saturated carbocycles. The van der Waals surface area contributed by atoms with Gasteiger partial charge in [0.05, 0.1) is 18.8 Å². The number of amides is 2. The van der Waals surface area contributed by atoms with Crippen LogP contribution in [0.15, 0.2) is 54.1 Å². The number of carboxylic acid groups (broad SMARTS) is 1. The first-order valence-electron chi connectivity index (χ1n) is 15.7. The first-order chi connectivity index (χ1) is 21.5. The van der Waals surface area contributed by atoms with Gasteiger partial charge in [0.25, 0.3) is 5.91 Å². The Bertz CT molecular complexity index is 1600. The number of nitrogens with zero attached hydrogens (tertiary/aromatic N) is 1. The van der Waals surface area contributed by atoms with Crippen molar-refractivity contribution >= 4 is 40.9 Å². The number of hydrogen-bond acceptors (Lipinski definition) is 6. The van der Waals surface area contributed by atoms with E-state index >= 15 is 0 Å². The standard InChI is InChI=1S/C35H37ClN2O7/c1-45-33(43)27-12-25-24-5-3-2-4-23(24)11-26(25)29(38(27)28(39)17-36)21-6-8-22(9-7-21)31(40)37-30(32(41)42)34-13-19-10-20(14-34)16-35(44,15-19)18-34/h2-9,19-20,27,29-30,44H,10-18H2,1H3,(H,37,40)(H,41,42)/t19-,20+,27-,29+,30-,34?,35?/m1/s1. The van der Waals surface area contributed by atoms with Crippen LogP contribution in [0.1, 0.15) is 78.0 Å². The van der Waals surface area contributed by atoms with Gasteiger partial charge in [0.15, 0.2) is 0 Å². The van der Waals surface area contributed by atoms with Crippen LogP contribution < -0.4 is 5.32 Å². The zero-order valence-electron chi connectivity index (χ0n) is 25.1. The number of esters is 1. The van der Waals surface area contributed by atoms with Crippen molar-refractivity contribution in [3.05, 3.63) is 76.4 Å². The number of carbonyl (C=O) groups is 4. The van der Waals surface area contributed by atoms with Crippen molar-refractivity contribution < 1.29 is 34.1 Å². The smallest absolute Gasteiger partial charge is 0.328 e. The second kappa shape index (κ2) is 11.0. The molecule has 7 atom stereocenters. The van der Waals surface area contributed by atoms with E-state index in [-0.39, 0.29) is 23.3 Å². The summed E-state index contributed by atoms with van der Waals surface area (Å²) in [5.74, 6) is -2.28. The lowest BCUT2D eigenvalue weighted by molar-refractivity contribution is -0.181. The first-order valence-corrected chi connectivity index (χ1v) is 16.2. The minimum absolute atomic E-state index is 0.276. The van der Waals surface area contributed by atoms with Gasteiger partial charge in [-0.15, -0.1) is 11.6 Å². The van der Waals surface area contributed by atoms with Crippen LogP contribution in [0.5, 0.6) is 0 Å². The molecule has 0 aromatic heterocycles. The second-order valence-electron chi connectivity index (χ2n) is 13.8. The number of hydrogen-bond donors (Lipinski definition) is 3. The molecule has 4 bridgehead atoms. The van der Waals surface area contributed by atoms with Crippen molar-refractivity contribution in [2.75, 3.05) is 13.0 Å². The van der Waals surface area contributed by atoms with Crippen molar-refractivity contribution in [1.29, 1.82) is 0 Å².